The molecule has 0 bridgehead atoms. The van der Waals surface area contributed by atoms with Crippen molar-refractivity contribution < 1.29 is 99.0 Å². The number of rotatable bonds is 43. The number of benzene rings is 8. The van der Waals surface area contributed by atoms with Crippen LogP contribution in [0.2, 0.25) is 10.1 Å². The molecular weight excluding hydrogens is 1750 g/mol. The number of aliphatic hydroxyl groups excluding tert-OH is 1. The first-order valence-corrected chi connectivity index (χ1v) is 51.2. The topological polar surface area (TPSA) is 329 Å². The summed E-state index contributed by atoms with van der Waals surface area (Å²) in [7, 11) is 14.3. The Morgan fingerprint density at radius 2 is 0.758 bits per heavy atom. The molecule has 28 nitrogen and oxygen atoms in total. The molecule has 0 aliphatic carbocycles. The third-order valence-corrected chi connectivity index (χ3v) is 35.1. The largest absolute Gasteiger partial charge is 0.463 e. The average Bonchev–Trinajstić information content (AvgIpc) is 0.743. The highest BCUT2D eigenvalue weighted by Crippen LogP contribution is 2.47. The van der Waals surface area contributed by atoms with Crippen LogP contribution in [-0.4, -0.2) is 225 Å². The molecule has 4 heterocycles. The Hall–Kier alpha value is -8.46. The summed E-state index contributed by atoms with van der Waals surface area (Å²) in [6, 6.07) is 74.6. The molecule has 4 aliphatic rings. The minimum absolute atomic E-state index is 0.0473. The van der Waals surface area contributed by atoms with Gasteiger partial charge in [0.25, 0.3) is 16.6 Å². The fraction of sp³-hybridized carbons (Fsp3) is 0.469. The normalized spacial score (nSPS) is 25.9. The van der Waals surface area contributed by atoms with Gasteiger partial charge in [-0.05, 0) is 83.4 Å². The first-order chi connectivity index (χ1) is 63.6. The van der Waals surface area contributed by atoms with Crippen LogP contribution in [0.3, 0.4) is 0 Å². The molecule has 1 amide bonds. The summed E-state index contributed by atoms with van der Waals surface area (Å²) in [6.45, 7) is 18.4. The fourth-order valence-corrected chi connectivity index (χ4v) is 28.0. The van der Waals surface area contributed by atoms with Gasteiger partial charge in [-0.1, -0.05) is 324 Å². The highest BCUT2D eigenvalue weighted by Gasteiger charge is 2.60. The van der Waals surface area contributed by atoms with Crippen LogP contribution < -0.4 is 20.7 Å². The van der Waals surface area contributed by atoms with Gasteiger partial charge in [-0.25, -0.2) is 4.79 Å². The van der Waals surface area contributed by atoms with Crippen LogP contribution >= 0.6 is 15.8 Å². The highest BCUT2D eigenvalue weighted by atomic mass is 31.1. The van der Waals surface area contributed by atoms with E-state index in [-0.39, 0.29) is 39.6 Å². The molecule has 1 N–H and O–H groups in total. The molecule has 692 valence electrons. The second-order valence-corrected chi connectivity index (χ2v) is 45.9. The van der Waals surface area contributed by atoms with Gasteiger partial charge in [0.1, 0.15) is 123 Å². The van der Waals surface area contributed by atoms with Crippen molar-refractivity contribution >= 4 is 101 Å². The Balaban J connectivity index is 0.910. The van der Waals surface area contributed by atoms with Crippen molar-refractivity contribution in [2.24, 2.45) is 22.1 Å². The molecular formula is C96H117B4N7O21P2Si2. The molecule has 4 aliphatic heterocycles. The molecule has 0 spiro atoms. The molecule has 0 aromatic heterocycles. The number of esters is 2. The van der Waals surface area contributed by atoms with Crippen molar-refractivity contribution in [2.45, 2.75) is 235 Å². The van der Waals surface area contributed by atoms with Crippen molar-refractivity contribution in [3.63, 3.8) is 0 Å². The van der Waals surface area contributed by atoms with E-state index in [1.54, 1.807) is 11.8 Å². The van der Waals surface area contributed by atoms with E-state index in [4.69, 9.17) is 110 Å². The molecule has 12 rings (SSSR count). The van der Waals surface area contributed by atoms with Crippen LogP contribution in [0.1, 0.15) is 111 Å². The zero-order valence-electron chi connectivity index (χ0n) is 76.3. The van der Waals surface area contributed by atoms with Crippen molar-refractivity contribution in [3.8, 4) is 0 Å². The van der Waals surface area contributed by atoms with E-state index in [9.17, 15) is 30.6 Å². The molecule has 20 atom stereocenters. The van der Waals surface area contributed by atoms with Crippen molar-refractivity contribution in [1.82, 2.24) is 4.90 Å². The number of amides is 1. The number of unbranched alkanes of at least 4 members (excludes halogenated alkanes) is 2. The monoisotopic (exact) mass is 1870 g/mol. The SMILES string of the molecule is [B]P([B])O[C@@H]1C(N=[N+]=[N-])[C@@H](O[C@@H]2C(COC(C)=O)O[C@@H](O[C@@H]3C(CO[Si](c4ccccc4)(c4ccccc4)C(C)(C)C)O[C@H](O[C@@H]4C(COC(C)=O)O[C@@H](OCCCCCN(Cc5ccccc5)C(=O)OCc5ccccc5)C(C)[C@H]4OCc4ccccc4)C(N=[N+]=[N-])[C@H]3OP([B])[B])C(C)[C@@H]2OCc2ccccc2)OC(CO[Si](c2ccccc2)(c2ccccc2)C(C)(C)C)[C@H]1O. The van der Waals surface area contributed by atoms with E-state index < -0.39 is 196 Å². The van der Waals surface area contributed by atoms with Gasteiger partial charge in [0.2, 0.25) is 0 Å². The van der Waals surface area contributed by atoms with Gasteiger partial charge < -0.3 is 89.5 Å². The van der Waals surface area contributed by atoms with Gasteiger partial charge in [-0.3, -0.25) is 9.59 Å². The maximum absolute atomic E-state index is 13.8. The molecule has 4 fully saturated rings. The van der Waals surface area contributed by atoms with Gasteiger partial charge in [-0.2, -0.15) is 0 Å². The summed E-state index contributed by atoms with van der Waals surface area (Å²) in [5.74, 6) is -3.01. The predicted octanol–water partition coefficient (Wildman–Crippen LogP) is 14.4. The number of hydrogen-bond acceptors (Lipinski definition) is 23. The van der Waals surface area contributed by atoms with Crippen LogP contribution in [0.4, 0.5) is 4.79 Å². The highest BCUT2D eigenvalue weighted by molar-refractivity contribution is 7.98. The van der Waals surface area contributed by atoms with Gasteiger partial charge in [0.15, 0.2) is 25.2 Å². The second-order valence-electron chi connectivity index (χ2n) is 35.4. The minimum atomic E-state index is -3.62. The van der Waals surface area contributed by atoms with E-state index in [1.165, 1.54) is 13.8 Å². The molecule has 4 saturated heterocycles. The third kappa shape index (κ3) is 26.6. The summed E-state index contributed by atoms with van der Waals surface area (Å²) in [4.78, 5) is 48.8. The zero-order valence-corrected chi connectivity index (χ0v) is 80.1. The summed E-state index contributed by atoms with van der Waals surface area (Å²) in [5, 5.41) is 23.8. The lowest BCUT2D eigenvalue weighted by Crippen LogP contribution is -2.69. The van der Waals surface area contributed by atoms with E-state index in [0.29, 0.717) is 32.4 Å². The average molecular weight is 1870 g/mol. The summed E-state index contributed by atoms with van der Waals surface area (Å²) in [5.41, 5.74) is 25.0. The van der Waals surface area contributed by atoms with E-state index in [1.807, 2.05) is 250 Å². The van der Waals surface area contributed by atoms with E-state index >= 15 is 0 Å². The lowest BCUT2D eigenvalue weighted by Gasteiger charge is -2.52. The smallest absolute Gasteiger partial charge is 0.410 e. The maximum Gasteiger partial charge on any atom is 0.410 e. The summed E-state index contributed by atoms with van der Waals surface area (Å²) in [6.07, 6.45) is -20.7. The van der Waals surface area contributed by atoms with Gasteiger partial charge in [-0.15, -0.1) is 0 Å². The molecule has 132 heavy (non-hydrogen) atoms. The molecule has 8 aromatic rings. The van der Waals surface area contributed by atoms with Crippen LogP contribution in [0.5, 0.6) is 0 Å². The summed E-state index contributed by atoms with van der Waals surface area (Å²) >= 11 is 0. The molecule has 8 unspecified atom stereocenters. The van der Waals surface area contributed by atoms with Crippen LogP contribution in [0.15, 0.2) is 253 Å². The fourth-order valence-electron chi connectivity index (χ4n) is 17.8. The molecule has 8 aromatic carbocycles. The zero-order chi connectivity index (χ0) is 94.0. The summed E-state index contributed by atoms with van der Waals surface area (Å²) < 4.78 is 118. The number of nitrogens with zero attached hydrogens (tertiary/aromatic N) is 7. The predicted molar refractivity (Wildman–Crippen MR) is 510 cm³/mol. The Labute approximate surface area is 783 Å². The van der Waals surface area contributed by atoms with Crippen LogP contribution in [0, 0.1) is 11.8 Å². The number of carbonyl (C=O) groups is 3. The lowest BCUT2D eigenvalue weighted by atomic mass is 9.90. The second kappa shape index (κ2) is 49.3. The number of ether oxygens (including phenoxy) is 13. The Kier molecular flexibility index (Phi) is 38.3. The number of carbonyl (C=O) groups excluding carboxylic acids is 3. The van der Waals surface area contributed by atoms with Crippen molar-refractivity contribution in [3.05, 3.63) is 286 Å². The number of hydrogen-bond donors (Lipinski definition) is 1. The van der Waals surface area contributed by atoms with Gasteiger partial charge in [0.05, 0.1) is 38.6 Å². The first kappa shape index (κ1) is 102. The quantitative estimate of drug-likeness (QED) is 0.00542. The van der Waals surface area contributed by atoms with E-state index in [0.717, 1.165) is 43.0 Å². The standard InChI is InChI=1S/C96H117B4N7O21P2Si2/c1-64-83(115-57-69-40-22-12-23-41-69)85(77(60-113-66(3)108)121-90(64)112-55-37-19-36-54-107(56-68-38-20-11-21-39-68)94(111)117-59-71-44-26-14-27-45-71)126-93-81(104-106-102)89(128-130(99)100)87(79(123-93)63-119-132(96(8,9)10,74-50-32-17-33-51-74)75-52-34-18-35-53-75)124-91-65(2)84(116-58-70-42-24-13-25-43-70)86(78(122-91)61-114-67(4)109)125-92-80(103-105-101)88(127-129(97)98)82(110)76(120-92)62-118-131(95(5,6)7,72-46-28-15-29-47-72)73-48-30-16-31-49-73/h11-18,20-35,38-53,64-65,76-93,110H,19,36-37,54-63H2,1-10H3/t64?,65?,76?,77?,78?,79?,80?,81?,82-,83-,84+,85-,86-,87-,88-,89-,90-,91+,92-,93-/m1/s1. The van der Waals surface area contributed by atoms with Crippen LogP contribution in [-0.2, 0) is 115 Å². The van der Waals surface area contributed by atoms with Gasteiger partial charge in [0, 0.05) is 55.2 Å². The molecule has 36 heteroatoms. The van der Waals surface area contributed by atoms with Crippen molar-refractivity contribution in [2.75, 3.05) is 39.6 Å². The Morgan fingerprint density at radius 3 is 1.17 bits per heavy atom. The Bertz CT molecular complexity index is 4880. The van der Waals surface area contributed by atoms with Gasteiger partial charge >= 0.3 is 18.0 Å². The Morgan fingerprint density at radius 1 is 0.417 bits per heavy atom. The van der Waals surface area contributed by atoms with Crippen molar-refractivity contribution in [1.29, 1.82) is 0 Å². The third-order valence-electron chi connectivity index (χ3n) is 24.1. The number of azide groups is 2. The number of aliphatic hydroxyl groups is 1. The molecule has 0 saturated carbocycles. The van der Waals surface area contributed by atoms with E-state index in [2.05, 4.69) is 61.6 Å². The minimum Gasteiger partial charge on any atom is -0.463 e. The lowest BCUT2D eigenvalue weighted by molar-refractivity contribution is -0.369. The molecule has 8 radical (unpaired) electrons. The van der Waals surface area contributed by atoms with Crippen LogP contribution in [0.25, 0.3) is 20.9 Å². The first-order valence-electron chi connectivity index (χ1n) is 44.6. The maximum atomic E-state index is 13.8.